The lowest BCUT2D eigenvalue weighted by molar-refractivity contribution is -0.141. The molecule has 1 aliphatic rings. The molecule has 3 aromatic rings. The molecular weight excluding hydrogens is 426 g/mol. The average molecular weight is 449 g/mol. The molecule has 1 aromatic carbocycles. The van der Waals surface area contributed by atoms with Crippen LogP contribution in [0.2, 0.25) is 0 Å². The topological polar surface area (TPSA) is 64.7 Å². The third-order valence-corrected chi connectivity index (χ3v) is 5.70. The third kappa shape index (κ3) is 4.26. The zero-order valence-corrected chi connectivity index (χ0v) is 17.9. The fourth-order valence-corrected chi connectivity index (χ4v) is 3.70. The standard InChI is InChI=1S/C22H23F4N5O/c1-12-20(13(2)30(28-12)11-16-6-4-5-7-17(16)23)27-21(32)14(3)31-18(15-8-9-15)10-19(29-31)22(24,25)26/h4-7,10,14-15H,8-9,11H2,1-3H3,(H,27,32). The number of carbonyl (C=O) groups is 1. The van der Waals surface area contributed by atoms with E-state index in [0.29, 0.717) is 28.3 Å². The fraction of sp³-hybridized carbons (Fsp3) is 0.409. The van der Waals surface area contributed by atoms with Crippen LogP contribution < -0.4 is 5.32 Å². The second-order valence-electron chi connectivity index (χ2n) is 8.13. The number of aryl methyl sites for hydroxylation is 1. The lowest BCUT2D eigenvalue weighted by Gasteiger charge is -2.16. The summed E-state index contributed by atoms with van der Waals surface area (Å²) in [4.78, 5) is 12.9. The monoisotopic (exact) mass is 449 g/mol. The molecule has 0 saturated heterocycles. The first-order valence-electron chi connectivity index (χ1n) is 10.3. The zero-order valence-electron chi connectivity index (χ0n) is 17.9. The molecule has 1 amide bonds. The molecule has 6 nitrogen and oxygen atoms in total. The Kier molecular flexibility index (Phi) is 5.56. The van der Waals surface area contributed by atoms with Gasteiger partial charge in [0.2, 0.25) is 5.91 Å². The van der Waals surface area contributed by atoms with Crippen LogP contribution in [0.3, 0.4) is 0 Å². The SMILES string of the molecule is Cc1nn(Cc2ccccc2F)c(C)c1NC(=O)C(C)n1nc(C(F)(F)F)cc1C1CC1. The molecule has 1 atom stereocenters. The molecule has 2 heterocycles. The number of nitrogens with zero attached hydrogens (tertiary/aromatic N) is 4. The lowest BCUT2D eigenvalue weighted by atomic mass is 10.2. The molecule has 4 rings (SSSR count). The molecule has 10 heteroatoms. The number of alkyl halides is 3. The van der Waals surface area contributed by atoms with E-state index in [1.54, 1.807) is 36.7 Å². The molecule has 0 bridgehead atoms. The number of rotatable bonds is 6. The van der Waals surface area contributed by atoms with Crippen LogP contribution in [0, 0.1) is 19.7 Å². The van der Waals surface area contributed by atoms with Gasteiger partial charge in [0.25, 0.3) is 0 Å². The van der Waals surface area contributed by atoms with Gasteiger partial charge in [0.1, 0.15) is 11.9 Å². The molecule has 0 aliphatic heterocycles. The van der Waals surface area contributed by atoms with Crippen molar-refractivity contribution in [2.24, 2.45) is 0 Å². The van der Waals surface area contributed by atoms with Gasteiger partial charge in [-0.05, 0) is 45.7 Å². The maximum Gasteiger partial charge on any atom is 0.435 e. The molecule has 170 valence electrons. The number of anilines is 1. The number of carbonyl (C=O) groups excluding carboxylic acids is 1. The maximum absolute atomic E-state index is 14.0. The highest BCUT2D eigenvalue weighted by atomic mass is 19.4. The van der Waals surface area contributed by atoms with Crippen molar-refractivity contribution in [2.45, 2.75) is 58.3 Å². The highest BCUT2D eigenvalue weighted by Crippen LogP contribution is 2.43. The van der Waals surface area contributed by atoms with E-state index < -0.39 is 23.8 Å². The Bertz CT molecular complexity index is 1160. The van der Waals surface area contributed by atoms with Gasteiger partial charge in [0.05, 0.1) is 23.6 Å². The first-order valence-corrected chi connectivity index (χ1v) is 10.3. The molecule has 1 N–H and O–H groups in total. The van der Waals surface area contributed by atoms with Gasteiger partial charge in [-0.3, -0.25) is 14.2 Å². The quantitative estimate of drug-likeness (QED) is 0.540. The van der Waals surface area contributed by atoms with E-state index >= 15 is 0 Å². The summed E-state index contributed by atoms with van der Waals surface area (Å²) >= 11 is 0. The van der Waals surface area contributed by atoms with Crippen LogP contribution in [-0.4, -0.2) is 25.5 Å². The Balaban J connectivity index is 1.56. The Morgan fingerprint density at radius 3 is 2.53 bits per heavy atom. The van der Waals surface area contributed by atoms with Crippen molar-refractivity contribution in [3.63, 3.8) is 0 Å². The van der Waals surface area contributed by atoms with Gasteiger partial charge in [-0.15, -0.1) is 0 Å². The van der Waals surface area contributed by atoms with Gasteiger partial charge in [-0.25, -0.2) is 4.39 Å². The highest BCUT2D eigenvalue weighted by Gasteiger charge is 2.39. The van der Waals surface area contributed by atoms with E-state index in [1.807, 2.05) is 0 Å². The summed E-state index contributed by atoms with van der Waals surface area (Å²) in [6.45, 7) is 5.15. The number of halogens is 4. The molecule has 0 radical (unpaired) electrons. The predicted octanol–water partition coefficient (Wildman–Crippen LogP) is 4.98. The van der Waals surface area contributed by atoms with Crippen LogP contribution in [0.15, 0.2) is 30.3 Å². The maximum atomic E-state index is 14.0. The summed E-state index contributed by atoms with van der Waals surface area (Å²) in [7, 11) is 0. The van der Waals surface area contributed by atoms with Gasteiger partial charge in [0, 0.05) is 17.2 Å². The molecule has 1 aliphatic carbocycles. The van der Waals surface area contributed by atoms with Crippen molar-refractivity contribution >= 4 is 11.6 Å². The smallest absolute Gasteiger partial charge is 0.321 e. The van der Waals surface area contributed by atoms with Crippen LogP contribution in [0.4, 0.5) is 23.2 Å². The van der Waals surface area contributed by atoms with Crippen molar-refractivity contribution in [3.8, 4) is 0 Å². The summed E-state index contributed by atoms with van der Waals surface area (Å²) in [5, 5.41) is 10.9. The van der Waals surface area contributed by atoms with E-state index in [9.17, 15) is 22.4 Å². The van der Waals surface area contributed by atoms with Crippen LogP contribution in [-0.2, 0) is 17.5 Å². The van der Waals surface area contributed by atoms with E-state index in [1.165, 1.54) is 17.7 Å². The molecule has 2 aromatic heterocycles. The second kappa shape index (κ2) is 8.07. The van der Waals surface area contributed by atoms with Gasteiger partial charge >= 0.3 is 6.18 Å². The van der Waals surface area contributed by atoms with Crippen LogP contribution in [0.1, 0.15) is 60.1 Å². The van der Waals surface area contributed by atoms with Crippen molar-refractivity contribution in [3.05, 3.63) is 64.5 Å². The van der Waals surface area contributed by atoms with E-state index in [-0.39, 0.29) is 18.3 Å². The molecular formula is C22H23F4N5O. The largest absolute Gasteiger partial charge is 0.435 e. The number of nitrogens with one attached hydrogen (secondary N) is 1. The van der Waals surface area contributed by atoms with E-state index in [0.717, 1.165) is 18.9 Å². The summed E-state index contributed by atoms with van der Waals surface area (Å²) in [5.74, 6) is -0.868. The minimum atomic E-state index is -4.58. The second-order valence-corrected chi connectivity index (χ2v) is 8.13. The fourth-order valence-electron chi connectivity index (χ4n) is 3.70. The predicted molar refractivity (Wildman–Crippen MR) is 110 cm³/mol. The van der Waals surface area contributed by atoms with Gasteiger partial charge in [-0.2, -0.15) is 23.4 Å². The van der Waals surface area contributed by atoms with E-state index in [2.05, 4.69) is 15.5 Å². The van der Waals surface area contributed by atoms with Gasteiger partial charge < -0.3 is 5.32 Å². The zero-order chi connectivity index (χ0) is 23.2. The van der Waals surface area contributed by atoms with Gasteiger partial charge in [-0.1, -0.05) is 18.2 Å². The highest BCUT2D eigenvalue weighted by molar-refractivity contribution is 5.94. The average Bonchev–Trinajstić information content (AvgIpc) is 3.42. The summed E-state index contributed by atoms with van der Waals surface area (Å²) in [6, 6.07) is 6.43. The molecule has 32 heavy (non-hydrogen) atoms. The van der Waals surface area contributed by atoms with Crippen molar-refractivity contribution in [1.82, 2.24) is 19.6 Å². The minimum Gasteiger partial charge on any atom is -0.321 e. The van der Waals surface area contributed by atoms with Crippen LogP contribution in [0.25, 0.3) is 0 Å². The Labute approximate surface area is 182 Å². The van der Waals surface area contributed by atoms with Gasteiger partial charge in [0.15, 0.2) is 5.69 Å². The van der Waals surface area contributed by atoms with Crippen molar-refractivity contribution < 1.29 is 22.4 Å². The number of aromatic nitrogens is 4. The number of hydrogen-bond acceptors (Lipinski definition) is 3. The summed E-state index contributed by atoms with van der Waals surface area (Å²) < 4.78 is 56.3. The molecule has 1 unspecified atom stereocenters. The van der Waals surface area contributed by atoms with Crippen molar-refractivity contribution in [1.29, 1.82) is 0 Å². The first kappa shape index (κ1) is 22.0. The minimum absolute atomic E-state index is 0.0131. The summed E-state index contributed by atoms with van der Waals surface area (Å²) in [5.41, 5.74) is 1.47. The molecule has 1 saturated carbocycles. The normalized spacial score (nSPS) is 15.1. The Morgan fingerprint density at radius 2 is 1.91 bits per heavy atom. The lowest BCUT2D eigenvalue weighted by Crippen LogP contribution is -2.26. The Morgan fingerprint density at radius 1 is 1.22 bits per heavy atom. The number of amides is 1. The van der Waals surface area contributed by atoms with E-state index in [4.69, 9.17) is 0 Å². The first-order chi connectivity index (χ1) is 15.1. The van der Waals surface area contributed by atoms with Crippen LogP contribution >= 0.6 is 0 Å². The Hall–Kier alpha value is -3.17. The number of hydrogen-bond donors (Lipinski definition) is 1. The third-order valence-electron chi connectivity index (χ3n) is 5.70. The summed E-state index contributed by atoms with van der Waals surface area (Å²) in [6.07, 6.45) is -3.02. The van der Waals surface area contributed by atoms with Crippen molar-refractivity contribution in [2.75, 3.05) is 5.32 Å². The molecule has 0 spiro atoms. The van der Waals surface area contributed by atoms with Crippen LogP contribution in [0.5, 0.6) is 0 Å². The number of benzene rings is 1. The molecule has 1 fully saturated rings.